The molecule has 0 fully saturated rings. The number of nitrogens with one attached hydrogen (secondary N) is 2. The van der Waals surface area contributed by atoms with Gasteiger partial charge in [-0.15, -0.1) is 0 Å². The number of anilines is 2. The summed E-state index contributed by atoms with van der Waals surface area (Å²) in [4.78, 5) is 16.6. The van der Waals surface area contributed by atoms with Crippen molar-refractivity contribution in [1.29, 1.82) is 0 Å². The van der Waals surface area contributed by atoms with Crippen LogP contribution in [0.5, 0.6) is 0 Å². The van der Waals surface area contributed by atoms with E-state index in [1.807, 2.05) is 10.8 Å². The molecule has 0 saturated heterocycles. The zero-order valence-corrected chi connectivity index (χ0v) is 15.7. The van der Waals surface area contributed by atoms with Crippen LogP contribution in [-0.4, -0.2) is 25.1 Å². The Kier molecular flexibility index (Phi) is 5.55. The van der Waals surface area contributed by atoms with Gasteiger partial charge in [0.15, 0.2) is 5.82 Å². The van der Waals surface area contributed by atoms with E-state index in [2.05, 4.69) is 10.3 Å². The molecule has 0 aliphatic carbocycles. The lowest BCUT2D eigenvalue weighted by Crippen LogP contribution is -2.20. The molecule has 0 unspecified atom stereocenters. The fourth-order valence-corrected chi connectivity index (χ4v) is 3.79. The second-order valence-corrected chi connectivity index (χ2v) is 7.92. The molecule has 1 amide bonds. The minimum Gasteiger partial charge on any atom is -0.320 e. The third-order valence-corrected chi connectivity index (χ3v) is 5.38. The van der Waals surface area contributed by atoms with Crippen LogP contribution < -0.4 is 10.0 Å². The number of halogens is 2. The van der Waals surface area contributed by atoms with Crippen LogP contribution in [0.2, 0.25) is 0 Å². The van der Waals surface area contributed by atoms with Gasteiger partial charge in [-0.25, -0.2) is 17.2 Å². The van der Waals surface area contributed by atoms with Gasteiger partial charge in [0.1, 0.15) is 11.4 Å². The minimum absolute atomic E-state index is 0.228. The molecule has 0 aliphatic heterocycles. The van der Waals surface area contributed by atoms with Crippen molar-refractivity contribution in [1.82, 2.24) is 4.98 Å². The first kappa shape index (κ1) is 19.7. The van der Waals surface area contributed by atoms with Crippen LogP contribution in [0, 0.1) is 11.6 Å². The maximum Gasteiger partial charge on any atom is 0.261 e. The molecule has 0 saturated carbocycles. The molecule has 3 rings (SSSR count). The third kappa shape index (κ3) is 4.25. The van der Waals surface area contributed by atoms with E-state index in [0.717, 1.165) is 17.5 Å². The van der Waals surface area contributed by atoms with Crippen molar-refractivity contribution in [2.75, 3.05) is 15.8 Å². The SMILES string of the molecule is CCCS(=O)(=O)Nc1ccc(F)c(C(=O)Nc2cnc3ccccc3c2)c1F. The molecule has 9 heteroatoms. The van der Waals surface area contributed by atoms with E-state index in [-0.39, 0.29) is 11.4 Å². The molecule has 1 aromatic heterocycles. The third-order valence-electron chi connectivity index (χ3n) is 3.90. The maximum absolute atomic E-state index is 14.7. The summed E-state index contributed by atoms with van der Waals surface area (Å²) in [5, 5.41) is 3.13. The summed E-state index contributed by atoms with van der Waals surface area (Å²) in [5.74, 6) is -3.68. The van der Waals surface area contributed by atoms with Gasteiger partial charge in [-0.3, -0.25) is 14.5 Å². The predicted molar refractivity (Wildman–Crippen MR) is 104 cm³/mol. The number of benzene rings is 2. The number of hydrogen-bond donors (Lipinski definition) is 2. The Morgan fingerprint density at radius 2 is 1.89 bits per heavy atom. The molecule has 2 N–H and O–H groups in total. The molecular weight excluding hydrogens is 388 g/mol. The number of pyridine rings is 1. The number of carbonyl (C=O) groups excluding carboxylic acids is 1. The lowest BCUT2D eigenvalue weighted by molar-refractivity contribution is 0.101. The van der Waals surface area contributed by atoms with Crippen LogP contribution >= 0.6 is 0 Å². The van der Waals surface area contributed by atoms with Crippen molar-refractivity contribution in [2.24, 2.45) is 0 Å². The molecule has 3 aromatic rings. The monoisotopic (exact) mass is 405 g/mol. The van der Waals surface area contributed by atoms with Crippen LogP contribution in [0.3, 0.4) is 0 Å². The molecule has 6 nitrogen and oxygen atoms in total. The smallest absolute Gasteiger partial charge is 0.261 e. The summed E-state index contributed by atoms with van der Waals surface area (Å²) in [5.41, 5.74) is -0.425. The van der Waals surface area contributed by atoms with Crippen molar-refractivity contribution in [2.45, 2.75) is 13.3 Å². The van der Waals surface area contributed by atoms with Crippen molar-refractivity contribution < 1.29 is 22.0 Å². The number of carbonyl (C=O) groups is 1. The van der Waals surface area contributed by atoms with E-state index < -0.39 is 38.8 Å². The van der Waals surface area contributed by atoms with Gasteiger partial charge in [0, 0.05) is 5.39 Å². The first-order chi connectivity index (χ1) is 13.3. The molecule has 2 aromatic carbocycles. The number of aromatic nitrogens is 1. The average molecular weight is 405 g/mol. The van der Waals surface area contributed by atoms with Crippen LogP contribution in [0.1, 0.15) is 23.7 Å². The first-order valence-electron chi connectivity index (χ1n) is 8.45. The van der Waals surface area contributed by atoms with E-state index in [4.69, 9.17) is 0 Å². The summed E-state index contributed by atoms with van der Waals surface area (Å²) in [6, 6.07) is 10.6. The largest absolute Gasteiger partial charge is 0.320 e. The summed E-state index contributed by atoms with van der Waals surface area (Å²) in [7, 11) is -3.80. The fraction of sp³-hybridized carbons (Fsp3) is 0.158. The van der Waals surface area contributed by atoms with Gasteiger partial charge in [-0.05, 0) is 30.7 Å². The Bertz CT molecular complexity index is 1150. The number of rotatable bonds is 6. The molecule has 146 valence electrons. The molecule has 0 spiro atoms. The quantitative estimate of drug-likeness (QED) is 0.651. The molecule has 0 atom stereocenters. The Balaban J connectivity index is 1.91. The van der Waals surface area contributed by atoms with E-state index >= 15 is 0 Å². The number of amides is 1. The minimum atomic E-state index is -3.80. The maximum atomic E-state index is 14.7. The van der Waals surface area contributed by atoms with E-state index in [1.165, 1.54) is 6.20 Å². The molecular formula is C19H17F2N3O3S. The van der Waals surface area contributed by atoms with Gasteiger partial charge in [-0.1, -0.05) is 25.1 Å². The summed E-state index contributed by atoms with van der Waals surface area (Å²) >= 11 is 0. The van der Waals surface area contributed by atoms with E-state index in [9.17, 15) is 22.0 Å². The number of nitrogens with zero attached hydrogens (tertiary/aromatic N) is 1. The van der Waals surface area contributed by atoms with Crippen LogP contribution in [0.15, 0.2) is 48.7 Å². The van der Waals surface area contributed by atoms with Crippen molar-refractivity contribution in [3.63, 3.8) is 0 Å². The molecule has 28 heavy (non-hydrogen) atoms. The van der Waals surface area contributed by atoms with E-state index in [0.29, 0.717) is 11.9 Å². The second kappa shape index (κ2) is 7.89. The van der Waals surface area contributed by atoms with Gasteiger partial charge in [0.05, 0.1) is 28.8 Å². The van der Waals surface area contributed by atoms with Gasteiger partial charge in [-0.2, -0.15) is 0 Å². The standard InChI is InChI=1S/C19H17F2N3O3S/c1-2-9-28(26,27)24-16-8-7-14(20)17(18(16)21)19(25)23-13-10-12-5-3-4-6-15(12)22-11-13/h3-8,10-11,24H,2,9H2,1H3,(H,23,25). The van der Waals surface area contributed by atoms with Crippen LogP contribution in [0.4, 0.5) is 20.2 Å². The highest BCUT2D eigenvalue weighted by molar-refractivity contribution is 7.92. The fourth-order valence-electron chi connectivity index (χ4n) is 2.66. The number of para-hydroxylation sites is 1. The van der Waals surface area contributed by atoms with Gasteiger partial charge in [0.2, 0.25) is 10.0 Å². The lowest BCUT2D eigenvalue weighted by Gasteiger charge is -2.12. The lowest BCUT2D eigenvalue weighted by atomic mass is 10.1. The molecule has 0 radical (unpaired) electrons. The van der Waals surface area contributed by atoms with E-state index in [1.54, 1.807) is 31.2 Å². The Labute approximate surface area is 160 Å². The summed E-state index contributed by atoms with van der Waals surface area (Å²) in [6.45, 7) is 1.65. The number of sulfonamides is 1. The number of hydrogen-bond acceptors (Lipinski definition) is 4. The molecule has 0 aliphatic rings. The molecule has 1 heterocycles. The van der Waals surface area contributed by atoms with Crippen LogP contribution in [-0.2, 0) is 10.0 Å². The predicted octanol–water partition coefficient (Wildman–Crippen LogP) is 3.92. The highest BCUT2D eigenvalue weighted by atomic mass is 32.2. The highest BCUT2D eigenvalue weighted by Crippen LogP contribution is 2.24. The molecule has 0 bridgehead atoms. The number of fused-ring (bicyclic) bond motifs is 1. The van der Waals surface area contributed by atoms with Crippen molar-refractivity contribution in [3.8, 4) is 0 Å². The zero-order chi connectivity index (χ0) is 20.3. The average Bonchev–Trinajstić information content (AvgIpc) is 2.64. The second-order valence-electron chi connectivity index (χ2n) is 6.08. The Hall–Kier alpha value is -3.07. The first-order valence-corrected chi connectivity index (χ1v) is 10.1. The Morgan fingerprint density at radius 1 is 1.14 bits per heavy atom. The van der Waals surface area contributed by atoms with Gasteiger partial charge in [0.25, 0.3) is 5.91 Å². The summed E-state index contributed by atoms with van der Waals surface area (Å²) < 4.78 is 54.5. The van der Waals surface area contributed by atoms with Crippen LogP contribution in [0.25, 0.3) is 10.9 Å². The normalized spacial score (nSPS) is 11.4. The van der Waals surface area contributed by atoms with Gasteiger partial charge < -0.3 is 5.32 Å². The highest BCUT2D eigenvalue weighted by Gasteiger charge is 2.23. The van der Waals surface area contributed by atoms with Gasteiger partial charge >= 0.3 is 0 Å². The Morgan fingerprint density at radius 3 is 2.64 bits per heavy atom. The van der Waals surface area contributed by atoms with Crippen molar-refractivity contribution in [3.05, 3.63) is 65.9 Å². The van der Waals surface area contributed by atoms with Crippen molar-refractivity contribution >= 4 is 38.2 Å². The zero-order valence-electron chi connectivity index (χ0n) is 14.9. The summed E-state index contributed by atoms with van der Waals surface area (Å²) in [6.07, 6.45) is 1.68. The topological polar surface area (TPSA) is 88.2 Å².